The van der Waals surface area contributed by atoms with Crippen molar-refractivity contribution >= 4 is 82.1 Å². The quantitative estimate of drug-likeness (QED) is 0.209. The normalized spacial score (nSPS) is 11.8. The van der Waals surface area contributed by atoms with Crippen molar-refractivity contribution in [2.24, 2.45) is 0 Å². The van der Waals surface area contributed by atoms with Gasteiger partial charge in [-0.3, -0.25) is 0 Å². The van der Waals surface area contributed by atoms with Gasteiger partial charge in [0.1, 0.15) is 11.2 Å². The summed E-state index contributed by atoms with van der Waals surface area (Å²) < 4.78 is 6.18. The summed E-state index contributed by atoms with van der Waals surface area (Å²) in [6.07, 6.45) is 0. The highest BCUT2D eigenvalue weighted by Gasteiger charge is 2.19. The first-order valence-corrected chi connectivity index (χ1v) is 14.4. The van der Waals surface area contributed by atoms with E-state index in [1.54, 1.807) is 0 Å². The van der Waals surface area contributed by atoms with Crippen LogP contribution in [-0.2, 0) is 0 Å². The third kappa shape index (κ3) is 3.39. The molecule has 0 saturated heterocycles. The second-order valence-corrected chi connectivity index (χ2v) is 10.9. The molecule has 0 unspecified atom stereocenters. The van der Waals surface area contributed by atoms with E-state index < -0.39 is 0 Å². The monoisotopic (exact) mass is 535 g/mol. The maximum absolute atomic E-state index is 6.18. The van der Waals surface area contributed by atoms with Gasteiger partial charge in [-0.1, -0.05) is 109 Å². The SMILES string of the molecule is c1ccc(N(c2ccc3oc4ccccc4c3c2)c2cccc3ccc4c5ccc6ccccc6c5ccc4c23)cc1. The van der Waals surface area contributed by atoms with Crippen LogP contribution in [0.25, 0.3) is 65.0 Å². The second kappa shape index (κ2) is 8.95. The van der Waals surface area contributed by atoms with E-state index in [4.69, 9.17) is 4.42 Å². The first-order valence-electron chi connectivity index (χ1n) is 14.4. The van der Waals surface area contributed by atoms with Crippen LogP contribution in [0.4, 0.5) is 17.1 Å². The Morgan fingerprint density at radius 3 is 1.90 bits per heavy atom. The average molecular weight is 536 g/mol. The Morgan fingerprint density at radius 1 is 0.357 bits per heavy atom. The molecule has 42 heavy (non-hydrogen) atoms. The highest BCUT2D eigenvalue weighted by Crippen LogP contribution is 2.44. The Labute approximate surface area is 242 Å². The molecular formula is C40H25NO. The van der Waals surface area contributed by atoms with E-state index in [0.29, 0.717) is 0 Å². The summed E-state index contributed by atoms with van der Waals surface area (Å²) in [6.45, 7) is 0. The number of furan rings is 1. The molecular weight excluding hydrogens is 510 g/mol. The van der Waals surface area contributed by atoms with Crippen LogP contribution in [0.1, 0.15) is 0 Å². The van der Waals surface area contributed by atoms with Crippen LogP contribution >= 0.6 is 0 Å². The van der Waals surface area contributed by atoms with Crippen LogP contribution in [0.15, 0.2) is 156 Å². The Hall–Kier alpha value is -5.60. The van der Waals surface area contributed by atoms with Gasteiger partial charge >= 0.3 is 0 Å². The van der Waals surface area contributed by atoms with Crippen LogP contribution in [-0.4, -0.2) is 0 Å². The van der Waals surface area contributed by atoms with Gasteiger partial charge in [-0.25, -0.2) is 0 Å². The number of benzene rings is 8. The first-order chi connectivity index (χ1) is 20.8. The summed E-state index contributed by atoms with van der Waals surface area (Å²) in [5, 5.41) is 12.3. The number of rotatable bonds is 3. The number of para-hydroxylation sites is 2. The van der Waals surface area contributed by atoms with Gasteiger partial charge in [0, 0.05) is 27.5 Å². The molecule has 9 aromatic rings. The van der Waals surface area contributed by atoms with E-state index in [0.717, 1.165) is 39.0 Å². The molecule has 8 aromatic carbocycles. The number of anilines is 3. The predicted molar refractivity (Wildman–Crippen MR) is 178 cm³/mol. The fraction of sp³-hybridized carbons (Fsp3) is 0. The maximum atomic E-state index is 6.18. The lowest BCUT2D eigenvalue weighted by atomic mass is 9.93. The van der Waals surface area contributed by atoms with Crippen molar-refractivity contribution in [3.05, 3.63) is 152 Å². The summed E-state index contributed by atoms with van der Waals surface area (Å²) >= 11 is 0. The average Bonchev–Trinajstić information content (AvgIpc) is 3.43. The van der Waals surface area contributed by atoms with E-state index in [1.807, 2.05) is 12.1 Å². The zero-order chi connectivity index (χ0) is 27.6. The lowest BCUT2D eigenvalue weighted by molar-refractivity contribution is 0.669. The molecule has 0 aliphatic heterocycles. The van der Waals surface area contributed by atoms with Crippen molar-refractivity contribution < 1.29 is 4.42 Å². The number of fused-ring (bicyclic) bond motifs is 10. The van der Waals surface area contributed by atoms with Gasteiger partial charge in [-0.2, -0.15) is 0 Å². The molecule has 0 spiro atoms. The maximum Gasteiger partial charge on any atom is 0.135 e. The van der Waals surface area contributed by atoms with E-state index >= 15 is 0 Å². The zero-order valence-corrected chi connectivity index (χ0v) is 22.8. The summed E-state index contributed by atoms with van der Waals surface area (Å²) in [7, 11) is 0. The molecule has 0 radical (unpaired) electrons. The number of hydrogen-bond donors (Lipinski definition) is 0. The molecule has 2 heteroatoms. The molecule has 0 aliphatic carbocycles. The molecule has 0 fully saturated rings. The molecule has 1 heterocycles. The van der Waals surface area contributed by atoms with Crippen molar-refractivity contribution in [3.63, 3.8) is 0 Å². The summed E-state index contributed by atoms with van der Waals surface area (Å²) in [4.78, 5) is 2.38. The van der Waals surface area contributed by atoms with E-state index in [-0.39, 0.29) is 0 Å². The molecule has 0 atom stereocenters. The van der Waals surface area contributed by atoms with Crippen LogP contribution < -0.4 is 4.90 Å². The minimum absolute atomic E-state index is 0.898. The molecule has 196 valence electrons. The fourth-order valence-electron chi connectivity index (χ4n) is 6.72. The van der Waals surface area contributed by atoms with Crippen molar-refractivity contribution in [2.45, 2.75) is 0 Å². The lowest BCUT2D eigenvalue weighted by Crippen LogP contribution is -2.10. The van der Waals surface area contributed by atoms with Crippen molar-refractivity contribution in [1.29, 1.82) is 0 Å². The zero-order valence-electron chi connectivity index (χ0n) is 22.8. The highest BCUT2D eigenvalue weighted by molar-refractivity contribution is 6.24. The molecule has 1 aromatic heterocycles. The molecule has 0 amide bonds. The standard InChI is InChI=1S/C40H25NO/c1-2-11-28(12-3-1)41(29-19-24-39-36(25-29)34-14-6-7-16-38(34)42-39)37-15-8-10-27-18-21-33-32-20-17-26-9-4-5-13-30(26)31(32)22-23-35(33)40(27)37/h1-25H. The van der Waals surface area contributed by atoms with Crippen molar-refractivity contribution in [2.75, 3.05) is 4.90 Å². The van der Waals surface area contributed by atoms with Gasteiger partial charge in [0.2, 0.25) is 0 Å². The highest BCUT2D eigenvalue weighted by atomic mass is 16.3. The molecule has 0 saturated carbocycles. The Kier molecular flexibility index (Phi) is 4.93. The fourth-order valence-corrected chi connectivity index (χ4v) is 6.72. The smallest absolute Gasteiger partial charge is 0.135 e. The molecule has 0 aliphatic rings. The Morgan fingerprint density at radius 2 is 1.00 bits per heavy atom. The number of hydrogen-bond acceptors (Lipinski definition) is 2. The van der Waals surface area contributed by atoms with Crippen LogP contribution in [0.5, 0.6) is 0 Å². The molecule has 0 N–H and O–H groups in total. The van der Waals surface area contributed by atoms with Crippen LogP contribution in [0, 0.1) is 0 Å². The number of nitrogens with zero attached hydrogens (tertiary/aromatic N) is 1. The van der Waals surface area contributed by atoms with Gasteiger partial charge in [0.25, 0.3) is 0 Å². The first kappa shape index (κ1) is 23.1. The van der Waals surface area contributed by atoms with Gasteiger partial charge in [-0.05, 0) is 80.2 Å². The van der Waals surface area contributed by atoms with Crippen LogP contribution in [0.3, 0.4) is 0 Å². The largest absolute Gasteiger partial charge is 0.456 e. The summed E-state index contributed by atoms with van der Waals surface area (Å²) in [5.41, 5.74) is 5.16. The van der Waals surface area contributed by atoms with Crippen LogP contribution in [0.2, 0.25) is 0 Å². The predicted octanol–water partition coefficient (Wildman–Crippen LogP) is 11.7. The molecule has 0 bridgehead atoms. The third-order valence-corrected chi connectivity index (χ3v) is 8.62. The van der Waals surface area contributed by atoms with Gasteiger partial charge < -0.3 is 9.32 Å². The van der Waals surface area contributed by atoms with Crippen molar-refractivity contribution in [1.82, 2.24) is 0 Å². The molecule has 2 nitrogen and oxygen atoms in total. The second-order valence-electron chi connectivity index (χ2n) is 10.9. The topological polar surface area (TPSA) is 16.4 Å². The Bertz CT molecular complexity index is 2470. The van der Waals surface area contributed by atoms with Gasteiger partial charge in [-0.15, -0.1) is 0 Å². The van der Waals surface area contributed by atoms with E-state index in [2.05, 4.69) is 144 Å². The summed E-state index contributed by atoms with van der Waals surface area (Å²) in [6, 6.07) is 54.4. The third-order valence-electron chi connectivity index (χ3n) is 8.62. The van der Waals surface area contributed by atoms with E-state index in [9.17, 15) is 0 Å². The molecule has 9 rings (SSSR count). The minimum atomic E-state index is 0.898. The minimum Gasteiger partial charge on any atom is -0.456 e. The lowest BCUT2D eigenvalue weighted by Gasteiger charge is -2.27. The Balaban J connectivity index is 1.36. The van der Waals surface area contributed by atoms with Crippen molar-refractivity contribution in [3.8, 4) is 0 Å². The van der Waals surface area contributed by atoms with Gasteiger partial charge in [0.05, 0.1) is 5.69 Å². The van der Waals surface area contributed by atoms with E-state index in [1.165, 1.54) is 43.1 Å². The summed E-state index contributed by atoms with van der Waals surface area (Å²) in [5.74, 6) is 0. The van der Waals surface area contributed by atoms with Gasteiger partial charge in [0.15, 0.2) is 0 Å².